The first-order valence-electron chi connectivity index (χ1n) is 10.2. The van der Waals surface area contributed by atoms with Gasteiger partial charge in [-0.15, -0.1) is 0 Å². The molecule has 1 aromatic heterocycles. The molecule has 30 heavy (non-hydrogen) atoms. The number of carbonyl (C=O) groups excluding carboxylic acids is 1. The van der Waals surface area contributed by atoms with Gasteiger partial charge in [0.15, 0.2) is 17.1 Å². The van der Waals surface area contributed by atoms with Crippen molar-refractivity contribution in [1.82, 2.24) is 4.98 Å². The Labute approximate surface area is 172 Å². The second-order valence-electron chi connectivity index (χ2n) is 7.82. The van der Waals surface area contributed by atoms with Crippen molar-refractivity contribution >= 4 is 28.7 Å². The molecule has 2 aromatic carbocycles. The average molecular weight is 407 g/mol. The van der Waals surface area contributed by atoms with Crippen LogP contribution >= 0.6 is 0 Å². The molecule has 6 rings (SSSR count). The number of ether oxygens (including phenoxy) is 3. The smallest absolute Gasteiger partial charge is 0.299 e. The van der Waals surface area contributed by atoms with Gasteiger partial charge >= 0.3 is 0 Å². The summed E-state index contributed by atoms with van der Waals surface area (Å²) in [6.45, 7) is 2.43. The van der Waals surface area contributed by atoms with Gasteiger partial charge in [0, 0.05) is 17.3 Å². The van der Waals surface area contributed by atoms with Crippen LogP contribution in [0.15, 0.2) is 40.8 Å². The Bertz CT molecular complexity index is 1120. The number of hydrogen-bond acceptors (Lipinski definition) is 7. The zero-order valence-corrected chi connectivity index (χ0v) is 16.3. The monoisotopic (exact) mass is 407 g/mol. The number of anilines is 2. The molecule has 0 unspecified atom stereocenters. The van der Waals surface area contributed by atoms with Gasteiger partial charge in [-0.25, -0.2) is 0 Å². The predicted octanol–water partition coefficient (Wildman–Crippen LogP) is 3.22. The highest BCUT2D eigenvalue weighted by Crippen LogP contribution is 2.37. The fraction of sp³-hybridized carbons (Fsp3) is 0.364. The summed E-state index contributed by atoms with van der Waals surface area (Å²) in [5.74, 6) is 1.03. The fourth-order valence-electron chi connectivity index (χ4n) is 3.84. The minimum Gasteiger partial charge on any atom is -0.486 e. The van der Waals surface area contributed by atoms with Crippen LogP contribution in [0.4, 0.5) is 11.7 Å². The van der Waals surface area contributed by atoms with E-state index in [0.29, 0.717) is 72.9 Å². The number of aromatic nitrogens is 1. The fourth-order valence-corrected chi connectivity index (χ4v) is 3.84. The van der Waals surface area contributed by atoms with E-state index in [1.807, 2.05) is 18.2 Å². The van der Waals surface area contributed by atoms with E-state index in [9.17, 15) is 4.79 Å². The molecule has 3 heterocycles. The molecule has 3 aromatic rings. The van der Waals surface area contributed by atoms with Gasteiger partial charge in [-0.2, -0.15) is 4.98 Å². The number of rotatable bonds is 5. The second-order valence-corrected chi connectivity index (χ2v) is 7.82. The van der Waals surface area contributed by atoms with Crippen molar-refractivity contribution in [3.8, 4) is 11.5 Å². The lowest BCUT2D eigenvalue weighted by Gasteiger charge is -2.36. The molecule has 3 aliphatic rings. The lowest BCUT2D eigenvalue weighted by molar-refractivity contribution is 0.00576. The van der Waals surface area contributed by atoms with Crippen molar-refractivity contribution < 1.29 is 23.4 Å². The predicted molar refractivity (Wildman–Crippen MR) is 110 cm³/mol. The number of oxazole rings is 1. The molecular formula is C22H21N3O5. The Balaban J connectivity index is 1.23. The Hall–Kier alpha value is -3.26. The first kappa shape index (κ1) is 17.6. The van der Waals surface area contributed by atoms with Crippen molar-refractivity contribution in [2.24, 2.45) is 0 Å². The van der Waals surface area contributed by atoms with E-state index in [2.05, 4.69) is 10.2 Å². The largest absolute Gasteiger partial charge is 0.486 e. The lowest BCUT2D eigenvalue weighted by atomic mass is 10.1. The van der Waals surface area contributed by atoms with Crippen molar-refractivity contribution in [1.29, 1.82) is 0 Å². The van der Waals surface area contributed by atoms with Crippen LogP contribution in [-0.2, 0) is 4.74 Å². The summed E-state index contributed by atoms with van der Waals surface area (Å²) in [6.07, 6.45) is 2.32. The Morgan fingerprint density at radius 1 is 1.00 bits per heavy atom. The zero-order valence-electron chi connectivity index (χ0n) is 16.3. The van der Waals surface area contributed by atoms with E-state index < -0.39 is 0 Å². The number of fused-ring (bicyclic) bond motifs is 2. The summed E-state index contributed by atoms with van der Waals surface area (Å²) in [5, 5.41) is 2.93. The maximum Gasteiger partial charge on any atom is 0.299 e. The van der Waals surface area contributed by atoms with Gasteiger partial charge < -0.3 is 28.8 Å². The van der Waals surface area contributed by atoms with Crippen LogP contribution in [0.3, 0.4) is 0 Å². The van der Waals surface area contributed by atoms with Crippen molar-refractivity contribution in [3.63, 3.8) is 0 Å². The lowest BCUT2D eigenvalue weighted by Crippen LogP contribution is -2.50. The van der Waals surface area contributed by atoms with E-state index in [1.165, 1.54) is 0 Å². The van der Waals surface area contributed by atoms with E-state index in [1.54, 1.807) is 18.2 Å². The molecule has 1 amide bonds. The highest BCUT2D eigenvalue weighted by Gasteiger charge is 2.40. The number of hydrogen-bond donors (Lipinski definition) is 1. The van der Waals surface area contributed by atoms with Gasteiger partial charge in [0.1, 0.15) is 18.7 Å². The maximum absolute atomic E-state index is 12.7. The SMILES string of the molecule is O=C(Nc1ccc2oc(N(C3CC3)C3COC3)nc2c1)c1ccc2c(c1)OCCO2. The first-order chi connectivity index (χ1) is 14.7. The summed E-state index contributed by atoms with van der Waals surface area (Å²) in [6, 6.07) is 12.1. The molecule has 1 saturated heterocycles. The number of benzene rings is 2. The third-order valence-electron chi connectivity index (χ3n) is 5.61. The molecule has 1 N–H and O–H groups in total. The van der Waals surface area contributed by atoms with E-state index in [-0.39, 0.29) is 5.91 Å². The first-order valence-corrected chi connectivity index (χ1v) is 10.2. The molecule has 8 heteroatoms. The molecule has 0 atom stereocenters. The number of nitrogens with zero attached hydrogens (tertiary/aromatic N) is 2. The van der Waals surface area contributed by atoms with Crippen LogP contribution in [-0.4, -0.2) is 49.4 Å². The van der Waals surface area contributed by atoms with Crippen LogP contribution in [0, 0.1) is 0 Å². The highest BCUT2D eigenvalue weighted by atomic mass is 16.6. The second kappa shape index (κ2) is 6.91. The quantitative estimate of drug-likeness (QED) is 0.695. The van der Waals surface area contributed by atoms with Gasteiger partial charge in [0.05, 0.1) is 19.3 Å². The molecule has 1 saturated carbocycles. The normalized spacial score (nSPS) is 18.1. The molecule has 2 fully saturated rings. The van der Waals surface area contributed by atoms with Gasteiger partial charge in [0.25, 0.3) is 11.9 Å². The summed E-state index contributed by atoms with van der Waals surface area (Å²) < 4.78 is 22.4. The molecule has 154 valence electrons. The van der Waals surface area contributed by atoms with Crippen LogP contribution < -0.4 is 19.7 Å². The number of amides is 1. The number of carbonyl (C=O) groups is 1. The third-order valence-corrected chi connectivity index (χ3v) is 5.61. The Morgan fingerprint density at radius 3 is 2.60 bits per heavy atom. The van der Waals surface area contributed by atoms with E-state index in [0.717, 1.165) is 18.4 Å². The molecule has 0 radical (unpaired) electrons. The minimum atomic E-state index is -0.221. The molecular weight excluding hydrogens is 386 g/mol. The Kier molecular flexibility index (Phi) is 4.05. The third kappa shape index (κ3) is 3.13. The summed E-state index contributed by atoms with van der Waals surface area (Å²) in [4.78, 5) is 19.6. The van der Waals surface area contributed by atoms with Crippen LogP contribution in [0.5, 0.6) is 11.5 Å². The van der Waals surface area contributed by atoms with Crippen LogP contribution in [0.1, 0.15) is 23.2 Å². The number of nitrogens with one attached hydrogen (secondary N) is 1. The van der Waals surface area contributed by atoms with Gasteiger partial charge in [-0.05, 0) is 49.2 Å². The summed E-state index contributed by atoms with van der Waals surface area (Å²) >= 11 is 0. The Morgan fingerprint density at radius 2 is 1.83 bits per heavy atom. The molecule has 8 nitrogen and oxygen atoms in total. The van der Waals surface area contributed by atoms with Crippen molar-refractivity contribution in [2.75, 3.05) is 36.6 Å². The standard InChI is InChI=1S/C22H21N3O5/c26-21(13-1-5-19-20(9-13)29-8-7-28-19)23-14-2-6-18-17(10-14)24-22(30-18)25(15-3-4-15)16-11-27-12-16/h1-2,5-6,9-10,15-16H,3-4,7-8,11-12H2,(H,23,26). The summed E-state index contributed by atoms with van der Waals surface area (Å²) in [7, 11) is 0. The zero-order chi connectivity index (χ0) is 20.1. The van der Waals surface area contributed by atoms with Gasteiger partial charge in [-0.3, -0.25) is 4.79 Å². The van der Waals surface area contributed by atoms with Crippen LogP contribution in [0.2, 0.25) is 0 Å². The van der Waals surface area contributed by atoms with Crippen molar-refractivity contribution in [3.05, 3.63) is 42.0 Å². The van der Waals surface area contributed by atoms with Crippen LogP contribution in [0.25, 0.3) is 11.1 Å². The molecule has 2 aliphatic heterocycles. The average Bonchev–Trinajstić information content (AvgIpc) is 3.48. The van der Waals surface area contributed by atoms with E-state index >= 15 is 0 Å². The molecule has 0 bridgehead atoms. The van der Waals surface area contributed by atoms with Crippen molar-refractivity contribution in [2.45, 2.75) is 24.9 Å². The molecule has 1 aliphatic carbocycles. The minimum absolute atomic E-state index is 0.221. The molecule has 0 spiro atoms. The highest BCUT2D eigenvalue weighted by molar-refractivity contribution is 6.05. The maximum atomic E-state index is 12.7. The van der Waals surface area contributed by atoms with E-state index in [4.69, 9.17) is 23.6 Å². The summed E-state index contributed by atoms with van der Waals surface area (Å²) in [5.41, 5.74) is 2.58. The van der Waals surface area contributed by atoms with Gasteiger partial charge in [0.2, 0.25) is 0 Å². The van der Waals surface area contributed by atoms with Gasteiger partial charge in [-0.1, -0.05) is 0 Å². The topological polar surface area (TPSA) is 86.1 Å².